The maximum Gasteiger partial charge on any atom is 0.389 e. The first-order chi connectivity index (χ1) is 34.1. The molecule has 8 rings (SSSR count). The molecule has 0 bridgehead atoms. The number of rotatable bonds is 13. The molecule has 67 heavy (non-hydrogen) atoms. The van der Waals surface area contributed by atoms with E-state index in [0.717, 1.165) is 74.6 Å². The minimum absolute atomic E-state index is 0. The van der Waals surface area contributed by atoms with E-state index in [2.05, 4.69) is 46.4 Å². The third kappa shape index (κ3) is 15.4. The summed E-state index contributed by atoms with van der Waals surface area (Å²) in [7, 11) is 0. The molecule has 2 fully saturated rings. The summed E-state index contributed by atoms with van der Waals surface area (Å²) in [5.74, 6) is -0.522. The third-order valence-corrected chi connectivity index (χ3v) is 13.1. The Balaban J connectivity index is 0.000000207. The second-order valence-electron chi connectivity index (χ2n) is 18.5. The van der Waals surface area contributed by atoms with Gasteiger partial charge in [0.15, 0.2) is 5.78 Å². The number of nitrogens with zero attached hydrogens (tertiary/aromatic N) is 2. The van der Waals surface area contributed by atoms with E-state index < -0.39 is 24.3 Å². The Bertz CT molecular complexity index is 2760. The number of aryl methyl sites for hydroxylation is 4. The van der Waals surface area contributed by atoms with Crippen molar-refractivity contribution in [3.63, 3.8) is 0 Å². The Hall–Kier alpha value is -4.65. The predicted octanol–water partition coefficient (Wildman–Crippen LogP) is 16.5. The van der Waals surface area contributed by atoms with Gasteiger partial charge in [-0.2, -0.15) is 13.2 Å². The number of ketones is 1. The number of alkyl halides is 3. The summed E-state index contributed by atoms with van der Waals surface area (Å²) in [6.07, 6.45) is 9.38. The molecule has 2 aliphatic carbocycles. The number of aromatic nitrogens is 2. The van der Waals surface area contributed by atoms with Crippen LogP contribution in [0.4, 0.5) is 13.2 Å². The summed E-state index contributed by atoms with van der Waals surface area (Å²) in [5.41, 5.74) is 8.53. The number of halogens is 3. The first kappa shape index (κ1) is 44.8. The van der Waals surface area contributed by atoms with Crippen LogP contribution in [0.5, 0.6) is 0 Å². The zero-order valence-electron chi connectivity index (χ0n) is 46.1. The smallest absolute Gasteiger partial charge is 0.389 e. The molecule has 0 aliphatic heterocycles. The van der Waals surface area contributed by atoms with Gasteiger partial charge < -0.3 is 15.1 Å². The number of benzene rings is 4. The van der Waals surface area contributed by atoms with Crippen LogP contribution in [-0.4, -0.2) is 27.0 Å². The Morgan fingerprint density at radius 3 is 1.52 bits per heavy atom. The van der Waals surface area contributed by atoms with Crippen LogP contribution < -0.4 is 0 Å². The monoisotopic (exact) mass is 1090 g/mol. The molecule has 0 spiro atoms. The Morgan fingerprint density at radius 1 is 0.716 bits per heavy atom. The molecule has 8 heteroatoms. The molecule has 1 unspecified atom stereocenters. The van der Waals surface area contributed by atoms with Gasteiger partial charge in [-0.1, -0.05) is 136 Å². The largest absolute Gasteiger partial charge is 0.512 e. The van der Waals surface area contributed by atoms with Gasteiger partial charge in [-0.25, -0.2) is 0 Å². The minimum Gasteiger partial charge on any atom is -0.512 e. The molecule has 1 radical (unpaired) electrons. The quantitative estimate of drug-likeness (QED) is 0.0711. The van der Waals surface area contributed by atoms with Crippen LogP contribution in [0, 0.1) is 63.5 Å². The standard InChI is InChI=1S/2C23H24N.C13H21F3O2.Ir/c2*1-16-11-17(2)13-21(12-16)23-22-8-7-19(14-18-5-3-4-6-18)15-20(22)9-10-24-23;1-4-9(5-2)11(17)7-12(18)10(6-3)8-13(14,15)16;/h2*7-12,15,18H,3-6,14H2,1-2H3;7,9-10,18H,4-6,8H2,1-3H3;/q2*-1;;/b;;12-7-;/i2*9D,10D,12D;;. The summed E-state index contributed by atoms with van der Waals surface area (Å²) in [4.78, 5) is 20.4. The maximum absolute atomic E-state index is 12.3. The normalized spacial score (nSPS) is 16.2. The van der Waals surface area contributed by atoms with Gasteiger partial charge in [0.25, 0.3) is 0 Å². The average Bonchev–Trinajstić information content (AvgIpc) is 4.06. The number of hydrogen-bond donors (Lipinski definition) is 1. The second kappa shape index (κ2) is 25.1. The number of aliphatic hydroxyl groups excluding tert-OH is 1. The molecule has 0 amide bonds. The van der Waals surface area contributed by atoms with Crippen LogP contribution in [0.15, 0.2) is 96.9 Å². The van der Waals surface area contributed by atoms with Crippen molar-refractivity contribution in [1.29, 1.82) is 0 Å². The molecule has 0 saturated heterocycles. The molecule has 1 atom stereocenters. The first-order valence-corrected chi connectivity index (χ1v) is 23.9. The fourth-order valence-corrected chi connectivity index (χ4v) is 9.63. The van der Waals surface area contributed by atoms with Crippen molar-refractivity contribution in [1.82, 2.24) is 9.97 Å². The van der Waals surface area contributed by atoms with E-state index in [0.29, 0.717) is 47.4 Å². The molecular formula is C59H69F3IrN2O2-2. The molecule has 4 nitrogen and oxygen atoms in total. The van der Waals surface area contributed by atoms with Crippen molar-refractivity contribution < 1.29 is 51.4 Å². The topological polar surface area (TPSA) is 63.1 Å². The van der Waals surface area contributed by atoms with Crippen LogP contribution in [0.1, 0.15) is 139 Å². The molecule has 6 aromatic rings. The molecule has 2 saturated carbocycles. The van der Waals surface area contributed by atoms with Crippen molar-refractivity contribution in [2.45, 2.75) is 145 Å². The van der Waals surface area contributed by atoms with Crippen LogP contribution in [0.2, 0.25) is 0 Å². The average molecular weight is 1090 g/mol. The molecule has 2 heterocycles. The number of carbonyl (C=O) groups is 1. The molecule has 359 valence electrons. The van der Waals surface area contributed by atoms with Crippen molar-refractivity contribution in [2.75, 3.05) is 0 Å². The third-order valence-electron chi connectivity index (χ3n) is 13.1. The molecule has 4 aromatic carbocycles. The summed E-state index contributed by atoms with van der Waals surface area (Å²) in [5, 5.41) is 12.8. The molecule has 2 aliphatic rings. The summed E-state index contributed by atoms with van der Waals surface area (Å²) in [6.45, 7) is 13.0. The summed E-state index contributed by atoms with van der Waals surface area (Å²) in [6, 6.07) is 23.9. The van der Waals surface area contributed by atoms with E-state index >= 15 is 0 Å². The molecular weight excluding hydrogens is 1020 g/mol. The number of pyridine rings is 2. The summed E-state index contributed by atoms with van der Waals surface area (Å²) < 4.78 is 86.8. The van der Waals surface area contributed by atoms with Crippen LogP contribution >= 0.6 is 0 Å². The first-order valence-electron chi connectivity index (χ1n) is 26.9. The zero-order chi connectivity index (χ0) is 52.6. The van der Waals surface area contributed by atoms with E-state index in [4.69, 9.17) is 8.22 Å². The van der Waals surface area contributed by atoms with Gasteiger partial charge in [-0.05, 0) is 103 Å². The second-order valence-corrected chi connectivity index (χ2v) is 18.5. The van der Waals surface area contributed by atoms with Gasteiger partial charge >= 0.3 is 6.18 Å². The summed E-state index contributed by atoms with van der Waals surface area (Å²) >= 11 is 0. The van der Waals surface area contributed by atoms with E-state index in [-0.39, 0.29) is 62.7 Å². The van der Waals surface area contributed by atoms with Crippen molar-refractivity contribution in [3.8, 4) is 22.5 Å². The van der Waals surface area contributed by atoms with Crippen LogP contribution in [0.25, 0.3) is 44.1 Å². The minimum atomic E-state index is -4.33. The van der Waals surface area contributed by atoms with Gasteiger partial charge in [0.2, 0.25) is 0 Å². The van der Waals surface area contributed by atoms with Gasteiger partial charge in [0.1, 0.15) is 0 Å². The fraction of sp³-hybridized carbons (Fsp3) is 0.441. The van der Waals surface area contributed by atoms with E-state index in [1.807, 2.05) is 65.8 Å². The number of aliphatic hydroxyl groups is 1. The van der Waals surface area contributed by atoms with Crippen LogP contribution in [0.3, 0.4) is 0 Å². The number of allylic oxidation sites excluding steroid dienone is 2. The Morgan fingerprint density at radius 2 is 1.13 bits per heavy atom. The van der Waals surface area contributed by atoms with Gasteiger partial charge in [0, 0.05) is 50.4 Å². The predicted molar refractivity (Wildman–Crippen MR) is 267 cm³/mol. The van der Waals surface area contributed by atoms with Crippen molar-refractivity contribution in [2.24, 2.45) is 23.7 Å². The van der Waals surface area contributed by atoms with Gasteiger partial charge in [-0.15, -0.1) is 69.7 Å². The van der Waals surface area contributed by atoms with Crippen molar-refractivity contribution >= 4 is 27.3 Å². The Labute approximate surface area is 420 Å². The van der Waals surface area contributed by atoms with E-state index in [1.54, 1.807) is 6.92 Å². The van der Waals surface area contributed by atoms with Gasteiger partial charge in [0.05, 0.1) is 17.7 Å². The maximum atomic E-state index is 12.3. The number of carbonyl (C=O) groups excluding carboxylic acids is 1. The molecule has 1 N–H and O–H groups in total. The fourth-order valence-electron chi connectivity index (χ4n) is 9.63. The van der Waals surface area contributed by atoms with E-state index in [1.165, 1.54) is 62.5 Å². The van der Waals surface area contributed by atoms with Crippen molar-refractivity contribution in [3.05, 3.63) is 142 Å². The molecule has 2 aromatic heterocycles. The van der Waals surface area contributed by atoms with Crippen LogP contribution in [-0.2, 0) is 37.7 Å². The van der Waals surface area contributed by atoms with Gasteiger partial charge in [-0.3, -0.25) is 4.79 Å². The SMILES string of the molecule is CCC(CC)C(=O)/C=C(\O)C(CC)CC(F)(F)F.[2H]c1nc(-c2[c-]c(C)cc(C)c2[2H])c2ccc(CC3CCCC3)cc2c1[2H].[2H]c1nc(-c2[c-]c(C)cc(C)c2[2H])c2ccc(CC3CCCC3)cc2c1[2H].[Ir]. The Kier molecular flexibility index (Phi) is 16.8. The number of hydrogen-bond acceptors (Lipinski definition) is 4. The number of fused-ring (bicyclic) bond motifs is 2. The van der Waals surface area contributed by atoms with E-state index in [9.17, 15) is 23.1 Å². The zero-order valence-corrected chi connectivity index (χ0v) is 42.5.